The molecule has 2 aromatic heterocycles. The largest absolute Gasteiger partial charge is 0.343 e. The summed E-state index contributed by atoms with van der Waals surface area (Å²) in [6, 6.07) is 4.66. The molecule has 0 spiro atoms. The van der Waals surface area contributed by atoms with Crippen LogP contribution in [-0.4, -0.2) is 16.1 Å². The second kappa shape index (κ2) is 5.47. The van der Waals surface area contributed by atoms with Gasteiger partial charge in [-0.2, -0.15) is 0 Å². The minimum absolute atomic E-state index is 0.385. The molecule has 2 aromatic rings. The molecule has 0 aromatic carbocycles. The molecule has 0 saturated carbocycles. The first kappa shape index (κ1) is 12.3. The molecule has 0 aliphatic rings. The van der Waals surface area contributed by atoms with Gasteiger partial charge in [0.15, 0.2) is 0 Å². The van der Waals surface area contributed by atoms with E-state index in [9.17, 15) is 0 Å². The lowest BCUT2D eigenvalue weighted by Crippen LogP contribution is -2.20. The average molecular weight is 249 g/mol. The van der Waals surface area contributed by atoms with Crippen LogP contribution < -0.4 is 5.32 Å². The summed E-state index contributed by atoms with van der Waals surface area (Å²) in [6.45, 7) is 8.23. The first-order valence-electron chi connectivity index (χ1n) is 6.00. The fourth-order valence-electron chi connectivity index (χ4n) is 2.00. The van der Waals surface area contributed by atoms with Crippen LogP contribution >= 0.6 is 11.3 Å². The van der Waals surface area contributed by atoms with Crippen molar-refractivity contribution in [1.82, 2.24) is 14.9 Å². The quantitative estimate of drug-likeness (QED) is 0.883. The summed E-state index contributed by atoms with van der Waals surface area (Å²) in [6.07, 6.45) is 2.12. The van der Waals surface area contributed by atoms with E-state index in [-0.39, 0.29) is 0 Å². The van der Waals surface area contributed by atoms with Crippen molar-refractivity contribution in [2.45, 2.75) is 33.4 Å². The molecule has 2 heterocycles. The standard InChI is InChI=1S/C13H19N3S/c1-4-14-11(3)12-6-5-7-16(12)8-13-15-10(2)9-17-13/h5-7,9,11,14H,4,8H2,1-3H3. The summed E-state index contributed by atoms with van der Waals surface area (Å²) in [5.41, 5.74) is 2.43. The van der Waals surface area contributed by atoms with Crippen LogP contribution in [0.3, 0.4) is 0 Å². The molecule has 1 unspecified atom stereocenters. The molecule has 0 aliphatic carbocycles. The minimum atomic E-state index is 0.385. The molecule has 92 valence electrons. The van der Waals surface area contributed by atoms with E-state index in [1.54, 1.807) is 11.3 Å². The Morgan fingerprint density at radius 2 is 2.35 bits per heavy atom. The summed E-state index contributed by atoms with van der Waals surface area (Å²) >= 11 is 1.73. The van der Waals surface area contributed by atoms with E-state index in [2.05, 4.69) is 52.4 Å². The van der Waals surface area contributed by atoms with Gasteiger partial charge in [-0.25, -0.2) is 4.98 Å². The van der Waals surface area contributed by atoms with Crippen LogP contribution in [0.2, 0.25) is 0 Å². The van der Waals surface area contributed by atoms with Gasteiger partial charge in [-0.15, -0.1) is 11.3 Å². The zero-order valence-electron chi connectivity index (χ0n) is 10.6. The summed E-state index contributed by atoms with van der Waals surface area (Å²) < 4.78 is 2.27. The van der Waals surface area contributed by atoms with Crippen LogP contribution in [0.5, 0.6) is 0 Å². The number of nitrogens with one attached hydrogen (secondary N) is 1. The number of hydrogen-bond donors (Lipinski definition) is 1. The Morgan fingerprint density at radius 3 is 3.00 bits per heavy atom. The third-order valence-electron chi connectivity index (χ3n) is 2.79. The van der Waals surface area contributed by atoms with Gasteiger partial charge < -0.3 is 9.88 Å². The highest BCUT2D eigenvalue weighted by molar-refractivity contribution is 7.09. The lowest BCUT2D eigenvalue weighted by atomic mass is 10.2. The van der Waals surface area contributed by atoms with Crippen molar-refractivity contribution in [3.63, 3.8) is 0 Å². The third kappa shape index (κ3) is 2.96. The van der Waals surface area contributed by atoms with E-state index in [0.29, 0.717) is 6.04 Å². The van der Waals surface area contributed by atoms with E-state index >= 15 is 0 Å². The minimum Gasteiger partial charge on any atom is -0.343 e. The molecule has 1 atom stereocenters. The van der Waals surface area contributed by atoms with Gasteiger partial charge in [-0.1, -0.05) is 6.92 Å². The fourth-order valence-corrected chi connectivity index (χ4v) is 2.77. The van der Waals surface area contributed by atoms with E-state index in [0.717, 1.165) is 18.8 Å². The number of rotatable bonds is 5. The lowest BCUT2D eigenvalue weighted by Gasteiger charge is -2.15. The molecular formula is C13H19N3S. The fraction of sp³-hybridized carbons (Fsp3) is 0.462. The van der Waals surface area contributed by atoms with E-state index in [1.807, 2.05) is 6.92 Å². The van der Waals surface area contributed by atoms with Crippen molar-refractivity contribution in [3.8, 4) is 0 Å². The molecule has 0 radical (unpaired) electrons. The van der Waals surface area contributed by atoms with Crippen molar-refractivity contribution < 1.29 is 0 Å². The molecule has 0 aliphatic heterocycles. The Hall–Kier alpha value is -1.13. The second-order valence-corrected chi connectivity index (χ2v) is 5.17. The van der Waals surface area contributed by atoms with Gasteiger partial charge in [0.05, 0.1) is 6.54 Å². The van der Waals surface area contributed by atoms with Crippen LogP contribution in [0.15, 0.2) is 23.7 Å². The van der Waals surface area contributed by atoms with E-state index in [4.69, 9.17) is 0 Å². The molecular weight excluding hydrogens is 230 g/mol. The molecule has 4 heteroatoms. The maximum absolute atomic E-state index is 4.51. The van der Waals surface area contributed by atoms with Crippen LogP contribution in [0, 0.1) is 6.92 Å². The van der Waals surface area contributed by atoms with Crippen molar-refractivity contribution >= 4 is 11.3 Å². The molecule has 0 bridgehead atoms. The monoisotopic (exact) mass is 249 g/mol. The van der Waals surface area contributed by atoms with Gasteiger partial charge in [0.1, 0.15) is 5.01 Å². The van der Waals surface area contributed by atoms with Gasteiger partial charge in [0, 0.05) is 29.0 Å². The third-order valence-corrected chi connectivity index (χ3v) is 3.74. The number of aryl methyl sites for hydroxylation is 1. The van der Waals surface area contributed by atoms with Gasteiger partial charge in [0.2, 0.25) is 0 Å². The average Bonchev–Trinajstić information content (AvgIpc) is 2.89. The highest BCUT2D eigenvalue weighted by Gasteiger charge is 2.09. The highest BCUT2D eigenvalue weighted by Crippen LogP contribution is 2.17. The normalized spacial score (nSPS) is 12.9. The first-order chi connectivity index (χ1) is 8.20. The van der Waals surface area contributed by atoms with Gasteiger partial charge in [0.25, 0.3) is 0 Å². The highest BCUT2D eigenvalue weighted by atomic mass is 32.1. The van der Waals surface area contributed by atoms with E-state index < -0.39 is 0 Å². The van der Waals surface area contributed by atoms with Crippen LogP contribution in [0.4, 0.5) is 0 Å². The van der Waals surface area contributed by atoms with Crippen molar-refractivity contribution in [1.29, 1.82) is 0 Å². The maximum atomic E-state index is 4.51. The summed E-state index contributed by atoms with van der Waals surface area (Å²) in [5, 5.41) is 6.71. The Bertz CT molecular complexity index is 472. The topological polar surface area (TPSA) is 29.9 Å². The maximum Gasteiger partial charge on any atom is 0.113 e. The zero-order chi connectivity index (χ0) is 12.3. The van der Waals surface area contributed by atoms with E-state index in [1.165, 1.54) is 10.7 Å². The number of nitrogens with zero attached hydrogens (tertiary/aromatic N) is 2. The smallest absolute Gasteiger partial charge is 0.113 e. The molecule has 1 N–H and O–H groups in total. The Balaban J connectivity index is 2.13. The predicted octanol–water partition coefficient (Wildman–Crippen LogP) is 2.97. The number of thiazole rings is 1. The second-order valence-electron chi connectivity index (χ2n) is 4.22. The molecule has 2 rings (SSSR count). The Morgan fingerprint density at radius 1 is 1.53 bits per heavy atom. The van der Waals surface area contributed by atoms with Crippen molar-refractivity contribution in [2.24, 2.45) is 0 Å². The van der Waals surface area contributed by atoms with Crippen LogP contribution in [0.1, 0.15) is 36.3 Å². The summed E-state index contributed by atoms with van der Waals surface area (Å²) in [4.78, 5) is 4.51. The van der Waals surface area contributed by atoms with Crippen molar-refractivity contribution in [2.75, 3.05) is 6.54 Å². The SMILES string of the molecule is CCNC(C)c1cccn1Cc1nc(C)cs1. The van der Waals surface area contributed by atoms with Gasteiger partial charge >= 0.3 is 0 Å². The van der Waals surface area contributed by atoms with Gasteiger partial charge in [-0.3, -0.25) is 0 Å². The van der Waals surface area contributed by atoms with Crippen LogP contribution in [0.25, 0.3) is 0 Å². The zero-order valence-corrected chi connectivity index (χ0v) is 11.4. The molecule has 0 saturated heterocycles. The molecule has 3 nitrogen and oxygen atoms in total. The lowest BCUT2D eigenvalue weighted by molar-refractivity contribution is 0.553. The Kier molecular flexibility index (Phi) is 3.97. The summed E-state index contributed by atoms with van der Waals surface area (Å²) in [7, 11) is 0. The molecule has 0 amide bonds. The first-order valence-corrected chi connectivity index (χ1v) is 6.88. The van der Waals surface area contributed by atoms with Gasteiger partial charge in [-0.05, 0) is 32.5 Å². The predicted molar refractivity (Wildman–Crippen MR) is 72.5 cm³/mol. The molecule has 17 heavy (non-hydrogen) atoms. The Labute approximate surface area is 107 Å². The summed E-state index contributed by atoms with van der Waals surface area (Å²) in [5.74, 6) is 0. The number of hydrogen-bond acceptors (Lipinski definition) is 3. The van der Waals surface area contributed by atoms with Crippen LogP contribution in [-0.2, 0) is 6.54 Å². The molecule has 0 fully saturated rings. The number of aromatic nitrogens is 2. The van der Waals surface area contributed by atoms with Crippen molar-refractivity contribution in [3.05, 3.63) is 40.1 Å².